The van der Waals surface area contributed by atoms with Crippen LogP contribution in [0.25, 0.3) is 11.1 Å². The van der Waals surface area contributed by atoms with Crippen molar-refractivity contribution in [2.45, 2.75) is 90.1 Å². The van der Waals surface area contributed by atoms with Crippen molar-refractivity contribution in [1.29, 1.82) is 0 Å². The van der Waals surface area contributed by atoms with Crippen LogP contribution in [0.1, 0.15) is 113 Å². The van der Waals surface area contributed by atoms with Gasteiger partial charge in [0.1, 0.15) is 0 Å². The molecule has 0 bridgehead atoms. The van der Waals surface area contributed by atoms with Crippen LogP contribution in [-0.4, -0.2) is 3.21 Å². The number of allylic oxidation sites excluding steroid dienone is 4. The third kappa shape index (κ3) is 7.20. The number of rotatable bonds is 4. The van der Waals surface area contributed by atoms with Gasteiger partial charge < -0.3 is 24.8 Å². The zero-order valence-electron chi connectivity index (χ0n) is 29.9. The van der Waals surface area contributed by atoms with Crippen LogP contribution < -0.4 is 24.8 Å². The van der Waals surface area contributed by atoms with Crippen LogP contribution in [0.3, 0.4) is 0 Å². The molecule has 4 aromatic carbocycles. The minimum Gasteiger partial charge on any atom is -1.00 e. The number of fused-ring (bicyclic) bond motifs is 3. The van der Waals surface area contributed by atoms with Crippen LogP contribution in [-0.2, 0) is 32.1 Å². The molecule has 0 aromatic heterocycles. The maximum Gasteiger partial charge on any atom is -1.00 e. The summed E-state index contributed by atoms with van der Waals surface area (Å²) in [6.45, 7) is 23.7. The van der Waals surface area contributed by atoms with Crippen LogP contribution in [0.5, 0.6) is 0 Å². The minimum absolute atomic E-state index is 0. The van der Waals surface area contributed by atoms with Gasteiger partial charge in [0.15, 0.2) is 0 Å². The van der Waals surface area contributed by atoms with Gasteiger partial charge in [0.2, 0.25) is 0 Å². The zero-order valence-corrected chi connectivity index (χ0v) is 33.8. The van der Waals surface area contributed by atoms with Gasteiger partial charge in [-0.05, 0) is 0 Å². The third-order valence-electron chi connectivity index (χ3n) is 9.82. The Morgan fingerprint density at radius 3 is 1.38 bits per heavy atom. The molecule has 0 unspecified atom stereocenters. The van der Waals surface area contributed by atoms with Gasteiger partial charge in [-0.25, -0.2) is 0 Å². The number of benzene rings is 4. The number of hydrogen-bond acceptors (Lipinski definition) is 0. The Labute approximate surface area is 304 Å². The summed E-state index contributed by atoms with van der Waals surface area (Å²) in [5.74, 6) is 0. The van der Waals surface area contributed by atoms with E-state index in [-0.39, 0.29) is 41.1 Å². The topological polar surface area (TPSA) is 0 Å². The molecule has 0 N–H and O–H groups in total. The molecule has 0 saturated carbocycles. The van der Waals surface area contributed by atoms with E-state index in [0.29, 0.717) is 3.63 Å². The van der Waals surface area contributed by atoms with Crippen molar-refractivity contribution >= 4 is 3.21 Å². The van der Waals surface area contributed by atoms with Gasteiger partial charge in [-0.1, -0.05) is 0 Å². The van der Waals surface area contributed by atoms with E-state index in [0.717, 1.165) is 6.42 Å². The van der Waals surface area contributed by atoms with Crippen molar-refractivity contribution in [2.24, 2.45) is 5.41 Å². The van der Waals surface area contributed by atoms with Crippen LogP contribution in [0, 0.1) is 5.41 Å². The molecule has 0 fully saturated rings. The van der Waals surface area contributed by atoms with E-state index in [4.69, 9.17) is 0 Å². The Morgan fingerprint density at radius 1 is 0.574 bits per heavy atom. The van der Waals surface area contributed by atoms with Gasteiger partial charge in [-0.3, -0.25) is 0 Å². The molecule has 0 atom stereocenters. The number of halogens is 2. The Morgan fingerprint density at radius 2 is 1.00 bits per heavy atom. The average molecular weight is 741 g/mol. The molecule has 4 aromatic rings. The van der Waals surface area contributed by atoms with Crippen LogP contribution in [0.2, 0.25) is 0 Å². The molecule has 0 radical (unpaired) electrons. The van der Waals surface area contributed by atoms with Crippen molar-refractivity contribution in [3.63, 3.8) is 0 Å². The Kier molecular flexibility index (Phi) is 11.1. The van der Waals surface area contributed by atoms with E-state index >= 15 is 0 Å². The van der Waals surface area contributed by atoms with Gasteiger partial charge >= 0.3 is 282 Å². The molecule has 0 saturated heterocycles. The second-order valence-corrected chi connectivity index (χ2v) is 22.4. The zero-order chi connectivity index (χ0) is 32.3. The van der Waals surface area contributed by atoms with Gasteiger partial charge in [0, 0.05) is 0 Å². The van der Waals surface area contributed by atoms with Crippen molar-refractivity contribution in [3.05, 3.63) is 151 Å². The Balaban J connectivity index is 0.00000250. The molecular formula is C44H50Cl2Zr. The minimum atomic E-state index is -2.83. The van der Waals surface area contributed by atoms with E-state index in [9.17, 15) is 0 Å². The smallest absolute Gasteiger partial charge is 1.00 e. The second-order valence-electron chi connectivity index (χ2n) is 16.3. The normalized spacial score (nSPS) is 14.4. The summed E-state index contributed by atoms with van der Waals surface area (Å²) < 4.78 is 3.80. The molecule has 0 spiro atoms. The maximum atomic E-state index is 2.54. The molecule has 47 heavy (non-hydrogen) atoms. The quantitative estimate of drug-likeness (QED) is 0.245. The van der Waals surface area contributed by atoms with Crippen LogP contribution in [0.15, 0.2) is 118 Å². The standard InChI is InChI=1S/C21H25.C13H10.C10H15.2ClH.Zr/c1-20(2,3)16-9-7-14-11-15-8-10-17(21(4,5)6)13-19(15)18(14)12-16;1-3-7-12(8-4-1)11-13-9-5-2-6-10-13;1-8-6-5-7-9(8)10(2,3)4;;;/h7-13H,1-6H3;1-10H;6H,5H2,1-4H3;2*1H;/q;;;;;+2/p-2. The fourth-order valence-corrected chi connectivity index (χ4v) is 17.9. The molecule has 0 nitrogen and oxygen atoms in total. The summed E-state index contributed by atoms with van der Waals surface area (Å²) in [5, 5.41) is 0. The molecule has 0 amide bonds. The largest absolute Gasteiger partial charge is 1.00 e. The first kappa shape index (κ1) is 37.5. The van der Waals surface area contributed by atoms with Gasteiger partial charge in [0.25, 0.3) is 0 Å². The summed E-state index contributed by atoms with van der Waals surface area (Å²) >= 11 is -2.83. The SMILES string of the molecule is CC1=CC[C]([Zr+2](=[C](c2ccccc2)c2ccccc2)[CH]2c3ccc(C(C)(C)C)cc3-c3cc(C(C)(C)C)ccc32)=C1C(C)(C)C.[Cl-].[Cl-]. The number of hydrogen-bond donors (Lipinski definition) is 0. The first-order chi connectivity index (χ1) is 21.2. The summed E-state index contributed by atoms with van der Waals surface area (Å²) in [7, 11) is 0. The molecule has 6 rings (SSSR count). The van der Waals surface area contributed by atoms with Crippen molar-refractivity contribution in [3.8, 4) is 11.1 Å². The molecule has 0 heterocycles. The predicted molar refractivity (Wildman–Crippen MR) is 192 cm³/mol. The fraction of sp³-hybridized carbons (Fsp3) is 0.341. The van der Waals surface area contributed by atoms with Crippen molar-refractivity contribution in [1.82, 2.24) is 0 Å². The molecule has 3 heteroatoms. The summed E-state index contributed by atoms with van der Waals surface area (Å²) in [5.41, 5.74) is 15.0. The van der Waals surface area contributed by atoms with E-state index < -0.39 is 21.3 Å². The first-order valence-electron chi connectivity index (χ1n) is 16.7. The average Bonchev–Trinajstić information content (AvgIpc) is 3.53. The van der Waals surface area contributed by atoms with E-state index in [1.54, 1.807) is 23.2 Å². The van der Waals surface area contributed by atoms with Gasteiger partial charge in [-0.15, -0.1) is 0 Å². The second kappa shape index (κ2) is 13.9. The molecule has 0 aliphatic heterocycles. The van der Waals surface area contributed by atoms with E-state index in [1.165, 1.54) is 39.0 Å². The maximum absolute atomic E-state index is 2.83. The summed E-state index contributed by atoms with van der Waals surface area (Å²) in [4.78, 5) is 0. The van der Waals surface area contributed by atoms with Crippen molar-refractivity contribution < 1.29 is 46.1 Å². The molecule has 2 aliphatic rings. The van der Waals surface area contributed by atoms with Gasteiger partial charge in [0.05, 0.1) is 0 Å². The predicted octanol–water partition coefficient (Wildman–Crippen LogP) is 5.90. The summed E-state index contributed by atoms with van der Waals surface area (Å²) in [6, 6.07) is 37.8. The van der Waals surface area contributed by atoms with Gasteiger partial charge in [-0.2, -0.15) is 0 Å². The monoisotopic (exact) mass is 738 g/mol. The van der Waals surface area contributed by atoms with E-state index in [1.807, 2.05) is 0 Å². The van der Waals surface area contributed by atoms with Crippen LogP contribution >= 0.6 is 0 Å². The molecule has 2 aliphatic carbocycles. The molecular weight excluding hydrogens is 691 g/mol. The van der Waals surface area contributed by atoms with Crippen LogP contribution in [0.4, 0.5) is 0 Å². The van der Waals surface area contributed by atoms with E-state index in [2.05, 4.69) is 172 Å². The fourth-order valence-electron chi connectivity index (χ4n) is 7.64. The third-order valence-corrected chi connectivity index (χ3v) is 18.2. The molecule has 244 valence electrons. The summed E-state index contributed by atoms with van der Waals surface area (Å²) in [6.07, 6.45) is 3.62. The first-order valence-corrected chi connectivity index (χ1v) is 20.6. The Hall–Kier alpha value is -2.31. The van der Waals surface area contributed by atoms with Crippen molar-refractivity contribution in [2.75, 3.05) is 0 Å². The Bertz CT molecular complexity index is 1750.